The van der Waals surface area contributed by atoms with Crippen molar-refractivity contribution in [3.63, 3.8) is 0 Å². The standard InChI is InChI=1S/C19H19N3O2/c1-13-6-8-14(9-7-13)12-22-17-15(5-4-10-20-17)11-16(19(22)24)18(23)21(2)3/h4-11H,12H2,1-3H3. The van der Waals surface area contributed by atoms with Gasteiger partial charge in [-0.25, -0.2) is 4.98 Å². The van der Waals surface area contributed by atoms with Gasteiger partial charge in [0.1, 0.15) is 11.2 Å². The van der Waals surface area contributed by atoms with Gasteiger partial charge >= 0.3 is 0 Å². The Labute approximate surface area is 140 Å². The van der Waals surface area contributed by atoms with E-state index in [1.165, 1.54) is 4.90 Å². The predicted molar refractivity (Wildman–Crippen MR) is 94.3 cm³/mol. The third kappa shape index (κ3) is 2.93. The Hall–Kier alpha value is -2.95. The molecule has 3 rings (SSSR count). The first-order valence-corrected chi connectivity index (χ1v) is 7.73. The summed E-state index contributed by atoms with van der Waals surface area (Å²) in [6, 6.07) is 13.3. The molecule has 0 spiro atoms. The average molecular weight is 321 g/mol. The molecule has 0 bridgehead atoms. The van der Waals surface area contributed by atoms with Crippen LogP contribution in [-0.4, -0.2) is 34.5 Å². The Morgan fingerprint density at radius 3 is 2.54 bits per heavy atom. The molecule has 2 heterocycles. The van der Waals surface area contributed by atoms with Crippen LogP contribution in [0.5, 0.6) is 0 Å². The van der Waals surface area contributed by atoms with Gasteiger partial charge in [-0.05, 0) is 30.7 Å². The summed E-state index contributed by atoms with van der Waals surface area (Å²) in [6.07, 6.45) is 1.65. The van der Waals surface area contributed by atoms with E-state index in [1.54, 1.807) is 37.0 Å². The molecule has 0 aliphatic heterocycles. The molecule has 0 radical (unpaired) electrons. The first-order chi connectivity index (χ1) is 11.5. The van der Waals surface area contributed by atoms with Gasteiger partial charge in [-0.2, -0.15) is 0 Å². The molecule has 0 aliphatic rings. The van der Waals surface area contributed by atoms with Crippen LogP contribution in [-0.2, 0) is 6.54 Å². The average Bonchev–Trinajstić information content (AvgIpc) is 2.58. The number of fused-ring (bicyclic) bond motifs is 1. The Morgan fingerprint density at radius 2 is 1.88 bits per heavy atom. The summed E-state index contributed by atoms with van der Waals surface area (Å²) in [4.78, 5) is 31.0. The second-order valence-electron chi connectivity index (χ2n) is 6.05. The van der Waals surface area contributed by atoms with Crippen molar-refractivity contribution in [3.8, 4) is 0 Å². The molecule has 122 valence electrons. The third-order valence-electron chi connectivity index (χ3n) is 3.95. The van der Waals surface area contributed by atoms with E-state index in [0.717, 1.165) is 16.5 Å². The largest absolute Gasteiger partial charge is 0.345 e. The molecular weight excluding hydrogens is 302 g/mol. The molecule has 0 fully saturated rings. The minimum absolute atomic E-state index is 0.160. The van der Waals surface area contributed by atoms with E-state index >= 15 is 0 Å². The molecule has 1 aromatic carbocycles. The van der Waals surface area contributed by atoms with Gasteiger partial charge in [0, 0.05) is 25.7 Å². The fourth-order valence-electron chi connectivity index (χ4n) is 2.62. The SMILES string of the molecule is Cc1ccc(Cn2c(=O)c(C(=O)N(C)C)cc3cccnc32)cc1. The van der Waals surface area contributed by atoms with Crippen LogP contribution in [0.4, 0.5) is 0 Å². The minimum Gasteiger partial charge on any atom is -0.345 e. The lowest BCUT2D eigenvalue weighted by Crippen LogP contribution is -2.33. The highest BCUT2D eigenvalue weighted by Gasteiger charge is 2.17. The van der Waals surface area contributed by atoms with Crippen molar-refractivity contribution in [1.82, 2.24) is 14.5 Å². The third-order valence-corrected chi connectivity index (χ3v) is 3.95. The first kappa shape index (κ1) is 15.9. The Balaban J connectivity index is 2.20. The topological polar surface area (TPSA) is 55.2 Å². The van der Waals surface area contributed by atoms with E-state index in [0.29, 0.717) is 12.2 Å². The lowest BCUT2D eigenvalue weighted by molar-refractivity contribution is 0.0825. The van der Waals surface area contributed by atoms with Gasteiger partial charge in [0.15, 0.2) is 0 Å². The molecule has 1 amide bonds. The zero-order valence-electron chi connectivity index (χ0n) is 14.0. The molecule has 2 aromatic heterocycles. The van der Waals surface area contributed by atoms with Crippen LogP contribution in [0.1, 0.15) is 21.5 Å². The number of hydrogen-bond donors (Lipinski definition) is 0. The summed E-state index contributed by atoms with van der Waals surface area (Å²) in [5.41, 5.74) is 2.57. The fraction of sp³-hybridized carbons (Fsp3) is 0.211. The van der Waals surface area contributed by atoms with Gasteiger partial charge in [0.2, 0.25) is 0 Å². The maximum absolute atomic E-state index is 12.9. The van der Waals surface area contributed by atoms with Gasteiger partial charge in [0.25, 0.3) is 11.5 Å². The lowest BCUT2D eigenvalue weighted by Gasteiger charge is -2.14. The van der Waals surface area contributed by atoms with E-state index in [-0.39, 0.29) is 17.0 Å². The molecule has 5 heteroatoms. The highest BCUT2D eigenvalue weighted by molar-refractivity contribution is 5.96. The molecular formula is C19H19N3O2. The van der Waals surface area contributed by atoms with Crippen LogP contribution in [0, 0.1) is 6.92 Å². The van der Waals surface area contributed by atoms with E-state index in [2.05, 4.69) is 4.98 Å². The number of nitrogens with zero attached hydrogens (tertiary/aromatic N) is 3. The number of carbonyl (C=O) groups is 1. The van der Waals surface area contributed by atoms with Crippen molar-refractivity contribution in [3.05, 3.63) is 75.7 Å². The molecule has 0 unspecified atom stereocenters. The zero-order valence-corrected chi connectivity index (χ0v) is 14.0. The van der Waals surface area contributed by atoms with Crippen molar-refractivity contribution < 1.29 is 4.79 Å². The van der Waals surface area contributed by atoms with E-state index in [4.69, 9.17) is 0 Å². The van der Waals surface area contributed by atoms with Gasteiger partial charge < -0.3 is 4.90 Å². The Bertz CT molecular complexity index is 957. The van der Waals surface area contributed by atoms with Gasteiger partial charge in [-0.1, -0.05) is 29.8 Å². The molecule has 0 atom stereocenters. The summed E-state index contributed by atoms with van der Waals surface area (Å²) >= 11 is 0. The molecule has 3 aromatic rings. The second-order valence-corrected chi connectivity index (χ2v) is 6.05. The maximum atomic E-state index is 12.9. The number of pyridine rings is 2. The molecule has 0 saturated heterocycles. The minimum atomic E-state index is -0.319. The summed E-state index contributed by atoms with van der Waals surface area (Å²) < 4.78 is 1.57. The normalized spacial score (nSPS) is 10.8. The molecule has 0 N–H and O–H groups in total. The number of carbonyl (C=O) groups excluding carboxylic acids is 1. The first-order valence-electron chi connectivity index (χ1n) is 7.73. The van der Waals surface area contributed by atoms with Crippen LogP contribution in [0.3, 0.4) is 0 Å². The summed E-state index contributed by atoms with van der Waals surface area (Å²) in [7, 11) is 3.28. The number of hydrogen-bond acceptors (Lipinski definition) is 3. The predicted octanol–water partition coefficient (Wildman–Crippen LogP) is 2.46. The van der Waals surface area contributed by atoms with Crippen molar-refractivity contribution in [1.29, 1.82) is 0 Å². The van der Waals surface area contributed by atoms with Crippen molar-refractivity contribution >= 4 is 16.9 Å². The molecule has 5 nitrogen and oxygen atoms in total. The number of benzene rings is 1. The van der Waals surface area contributed by atoms with Gasteiger partial charge in [0.05, 0.1) is 6.54 Å². The monoisotopic (exact) mass is 321 g/mol. The number of aryl methyl sites for hydroxylation is 1. The summed E-state index contributed by atoms with van der Waals surface area (Å²) in [5.74, 6) is -0.302. The summed E-state index contributed by atoms with van der Waals surface area (Å²) in [6.45, 7) is 2.39. The van der Waals surface area contributed by atoms with E-state index in [9.17, 15) is 9.59 Å². The highest BCUT2D eigenvalue weighted by Crippen LogP contribution is 2.14. The molecule has 24 heavy (non-hydrogen) atoms. The number of rotatable bonds is 3. The molecule has 0 aliphatic carbocycles. The van der Waals surface area contributed by atoms with Crippen molar-refractivity contribution in [2.75, 3.05) is 14.1 Å². The Kier molecular flexibility index (Phi) is 4.16. The number of amides is 1. The molecule has 0 saturated carbocycles. The van der Waals surface area contributed by atoms with Crippen molar-refractivity contribution in [2.45, 2.75) is 13.5 Å². The lowest BCUT2D eigenvalue weighted by atomic mass is 10.1. The smallest absolute Gasteiger partial charge is 0.265 e. The van der Waals surface area contributed by atoms with E-state index in [1.807, 2.05) is 37.3 Å². The maximum Gasteiger partial charge on any atom is 0.265 e. The Morgan fingerprint density at radius 1 is 1.17 bits per heavy atom. The van der Waals surface area contributed by atoms with E-state index < -0.39 is 0 Å². The van der Waals surface area contributed by atoms with Crippen LogP contribution >= 0.6 is 0 Å². The fourth-order valence-corrected chi connectivity index (χ4v) is 2.62. The number of aromatic nitrogens is 2. The van der Waals surface area contributed by atoms with Crippen LogP contribution < -0.4 is 5.56 Å². The zero-order chi connectivity index (χ0) is 17.3. The van der Waals surface area contributed by atoms with Crippen molar-refractivity contribution in [2.24, 2.45) is 0 Å². The van der Waals surface area contributed by atoms with Gasteiger partial charge in [-0.15, -0.1) is 0 Å². The quantitative estimate of drug-likeness (QED) is 0.744. The highest BCUT2D eigenvalue weighted by atomic mass is 16.2. The van der Waals surface area contributed by atoms with Gasteiger partial charge in [-0.3, -0.25) is 14.2 Å². The summed E-state index contributed by atoms with van der Waals surface area (Å²) in [5, 5.41) is 0.773. The van der Waals surface area contributed by atoms with Crippen LogP contribution in [0.2, 0.25) is 0 Å². The van der Waals surface area contributed by atoms with Crippen LogP contribution in [0.15, 0.2) is 53.5 Å². The van der Waals surface area contributed by atoms with Crippen LogP contribution in [0.25, 0.3) is 11.0 Å². The second kappa shape index (κ2) is 6.28.